The first-order valence-electron chi connectivity index (χ1n) is 13.3. The highest BCUT2D eigenvalue weighted by Gasteiger charge is 2.55. The summed E-state index contributed by atoms with van der Waals surface area (Å²) in [6.07, 6.45) is 3.89. The van der Waals surface area contributed by atoms with E-state index in [-0.39, 0.29) is 35.2 Å². The summed E-state index contributed by atoms with van der Waals surface area (Å²) in [7, 11) is -3.41. The summed E-state index contributed by atoms with van der Waals surface area (Å²) in [6.45, 7) is 1.70. The summed E-state index contributed by atoms with van der Waals surface area (Å²) < 4.78 is 26.9. The van der Waals surface area contributed by atoms with Gasteiger partial charge in [0.05, 0.1) is 28.9 Å². The second-order valence-electron chi connectivity index (χ2n) is 11.5. The fourth-order valence-corrected chi connectivity index (χ4v) is 8.83. The highest BCUT2D eigenvalue weighted by Crippen LogP contribution is 2.54. The molecular weight excluding hydrogens is 545 g/mol. The van der Waals surface area contributed by atoms with Crippen LogP contribution in [-0.2, 0) is 19.4 Å². The number of carbonyl (C=O) groups is 2. The molecule has 9 heteroatoms. The van der Waals surface area contributed by atoms with E-state index in [2.05, 4.69) is 0 Å². The Balaban J connectivity index is 1.67. The van der Waals surface area contributed by atoms with E-state index in [0.29, 0.717) is 29.3 Å². The maximum absolute atomic E-state index is 14.4. The lowest BCUT2D eigenvalue weighted by Crippen LogP contribution is -2.58. The number of rotatable bonds is 9. The summed E-state index contributed by atoms with van der Waals surface area (Å²) in [5.41, 5.74) is 0.537. The van der Waals surface area contributed by atoms with E-state index < -0.39 is 33.3 Å². The van der Waals surface area contributed by atoms with Crippen LogP contribution in [0.25, 0.3) is 0 Å². The third kappa shape index (κ3) is 5.47. The van der Waals surface area contributed by atoms with Gasteiger partial charge in [-0.2, -0.15) is 0 Å². The van der Waals surface area contributed by atoms with Gasteiger partial charge in [-0.1, -0.05) is 60.8 Å². The van der Waals surface area contributed by atoms with Crippen LogP contribution in [0.5, 0.6) is 0 Å². The number of aliphatic carboxylic acids is 1. The Kier molecular flexibility index (Phi) is 7.57. The second-order valence-corrected chi connectivity index (χ2v) is 14.7. The summed E-state index contributed by atoms with van der Waals surface area (Å²) in [5.74, 6) is -1.66. The molecule has 2 aromatic rings. The fourth-order valence-electron chi connectivity index (χ4n) is 6.27. The molecule has 4 atom stereocenters. The van der Waals surface area contributed by atoms with Crippen molar-refractivity contribution in [2.45, 2.75) is 75.1 Å². The van der Waals surface area contributed by atoms with Crippen molar-refractivity contribution in [2.24, 2.45) is 11.3 Å². The predicted octanol–water partition coefficient (Wildman–Crippen LogP) is 6.28. The molecule has 1 N–H and O–H groups in total. The Morgan fingerprint density at radius 1 is 1.05 bits per heavy atom. The molecule has 204 valence electrons. The average molecular weight is 579 g/mol. The number of piperidine rings is 1. The summed E-state index contributed by atoms with van der Waals surface area (Å²) in [5, 5.41) is 10.6. The first-order chi connectivity index (χ1) is 18.0. The largest absolute Gasteiger partial charge is 0.481 e. The van der Waals surface area contributed by atoms with Crippen LogP contribution in [0, 0.1) is 11.3 Å². The molecule has 1 heterocycles. The molecule has 0 aromatic heterocycles. The molecule has 0 bridgehead atoms. The third-order valence-electron chi connectivity index (χ3n) is 8.62. The molecular formula is C29H33Cl2NO5S. The number of sulfone groups is 1. The smallest absolute Gasteiger partial charge is 0.304 e. The molecule has 0 spiro atoms. The zero-order chi connectivity index (χ0) is 27.2. The quantitative estimate of drug-likeness (QED) is 0.378. The molecule has 0 unspecified atom stereocenters. The molecule has 3 aliphatic rings. The van der Waals surface area contributed by atoms with Gasteiger partial charge in [0.2, 0.25) is 5.91 Å². The number of hydrogen-bond donors (Lipinski definition) is 1. The number of carboxylic acid groups (broad SMARTS) is 1. The topological polar surface area (TPSA) is 91.8 Å². The van der Waals surface area contributed by atoms with E-state index in [4.69, 9.17) is 23.2 Å². The molecule has 0 radical (unpaired) electrons. The van der Waals surface area contributed by atoms with Crippen LogP contribution in [0.3, 0.4) is 0 Å². The minimum absolute atomic E-state index is 0.0655. The van der Waals surface area contributed by atoms with Gasteiger partial charge in [0.15, 0.2) is 9.84 Å². The molecule has 2 saturated carbocycles. The zero-order valence-corrected chi connectivity index (χ0v) is 23.7. The van der Waals surface area contributed by atoms with Crippen LogP contribution in [0.1, 0.15) is 75.0 Å². The van der Waals surface area contributed by atoms with Crippen molar-refractivity contribution >= 4 is 44.9 Å². The van der Waals surface area contributed by atoms with E-state index >= 15 is 0 Å². The van der Waals surface area contributed by atoms with Gasteiger partial charge in [-0.3, -0.25) is 9.59 Å². The second kappa shape index (κ2) is 10.5. The van der Waals surface area contributed by atoms with Crippen LogP contribution >= 0.6 is 23.2 Å². The third-order valence-corrected chi connectivity index (χ3v) is 11.4. The number of carbonyl (C=O) groups excluding carboxylic acids is 1. The van der Waals surface area contributed by atoms with Crippen molar-refractivity contribution in [2.75, 3.05) is 5.75 Å². The van der Waals surface area contributed by atoms with Gasteiger partial charge in [0.1, 0.15) is 0 Å². The number of likely N-dealkylation sites (tertiary alicyclic amines) is 1. The molecule has 1 amide bonds. The number of halogens is 2. The first-order valence-corrected chi connectivity index (χ1v) is 15.7. The van der Waals surface area contributed by atoms with Crippen LogP contribution in [0.15, 0.2) is 48.5 Å². The van der Waals surface area contributed by atoms with Crippen molar-refractivity contribution in [3.63, 3.8) is 0 Å². The van der Waals surface area contributed by atoms with Crippen molar-refractivity contribution in [3.8, 4) is 0 Å². The maximum Gasteiger partial charge on any atom is 0.304 e. The molecule has 1 saturated heterocycles. The predicted molar refractivity (Wildman–Crippen MR) is 148 cm³/mol. The number of amides is 1. The van der Waals surface area contributed by atoms with Crippen LogP contribution < -0.4 is 0 Å². The molecule has 2 aliphatic carbocycles. The van der Waals surface area contributed by atoms with Crippen molar-refractivity contribution in [3.05, 3.63) is 69.7 Å². The zero-order valence-electron chi connectivity index (χ0n) is 21.4. The number of benzene rings is 2. The van der Waals surface area contributed by atoms with Gasteiger partial charge < -0.3 is 10.0 Å². The molecule has 2 aromatic carbocycles. The van der Waals surface area contributed by atoms with Gasteiger partial charge in [-0.25, -0.2) is 8.42 Å². The molecule has 3 fully saturated rings. The highest BCUT2D eigenvalue weighted by atomic mass is 35.5. The van der Waals surface area contributed by atoms with Gasteiger partial charge >= 0.3 is 5.97 Å². The summed E-state index contributed by atoms with van der Waals surface area (Å²) in [6, 6.07) is 13.8. The van der Waals surface area contributed by atoms with Crippen molar-refractivity contribution < 1.29 is 23.1 Å². The van der Waals surface area contributed by atoms with Gasteiger partial charge in [-0.15, -0.1) is 0 Å². The van der Waals surface area contributed by atoms with Gasteiger partial charge in [-0.05, 0) is 73.4 Å². The lowest BCUT2D eigenvalue weighted by molar-refractivity contribution is -0.160. The Bertz CT molecular complexity index is 1320. The van der Waals surface area contributed by atoms with E-state index in [0.717, 1.165) is 30.4 Å². The molecule has 5 rings (SSSR count). The lowest BCUT2D eigenvalue weighted by Gasteiger charge is -2.52. The number of nitrogens with zero attached hydrogens (tertiary/aromatic N) is 1. The molecule has 1 aliphatic heterocycles. The molecule has 6 nitrogen and oxygen atoms in total. The minimum atomic E-state index is -3.41. The Morgan fingerprint density at radius 2 is 1.74 bits per heavy atom. The van der Waals surface area contributed by atoms with Crippen molar-refractivity contribution in [1.29, 1.82) is 0 Å². The van der Waals surface area contributed by atoms with Gasteiger partial charge in [0.25, 0.3) is 0 Å². The maximum atomic E-state index is 14.4. The Labute approximate surface area is 234 Å². The van der Waals surface area contributed by atoms with Crippen LogP contribution in [0.2, 0.25) is 10.0 Å². The molecule has 38 heavy (non-hydrogen) atoms. The van der Waals surface area contributed by atoms with Gasteiger partial charge in [0, 0.05) is 22.0 Å². The summed E-state index contributed by atoms with van der Waals surface area (Å²) in [4.78, 5) is 28.2. The van der Waals surface area contributed by atoms with E-state index in [1.165, 1.54) is 0 Å². The average Bonchev–Trinajstić information content (AvgIpc) is 3.63. The van der Waals surface area contributed by atoms with E-state index in [1.54, 1.807) is 30.0 Å². The highest BCUT2D eigenvalue weighted by molar-refractivity contribution is 7.92. The standard InChI is InChI=1S/C29H33Cl2NO5S/c1-29(16-26(33)34)15-24(20-4-2-5-22(31)14-20)27(19-10-12-21(30)13-11-19)32(28(29)35)25(18-8-9-18)17-38(36,37)23-6-3-7-23/h2,4-5,10-14,18,23-25,27H,3,6-9,15-17H2,1H3,(H,33,34)/t24-,25-,27-,29+/m1/s1. The first kappa shape index (κ1) is 27.5. The Morgan fingerprint density at radius 3 is 2.29 bits per heavy atom. The minimum Gasteiger partial charge on any atom is -0.481 e. The lowest BCUT2D eigenvalue weighted by atomic mass is 9.67. The SMILES string of the molecule is C[C@@]1(CC(=O)O)C[C@H](c2cccc(Cl)c2)[C@@H](c2ccc(Cl)cc2)N([C@H](CS(=O)(=O)C2CCC2)C2CC2)C1=O. The van der Waals surface area contributed by atoms with Crippen LogP contribution in [-0.4, -0.2) is 47.3 Å². The Hall–Kier alpha value is -2.09. The van der Waals surface area contributed by atoms with Crippen LogP contribution in [0.4, 0.5) is 0 Å². The number of hydrogen-bond acceptors (Lipinski definition) is 4. The summed E-state index contributed by atoms with van der Waals surface area (Å²) >= 11 is 12.6. The van der Waals surface area contributed by atoms with Crippen molar-refractivity contribution in [1.82, 2.24) is 4.90 Å². The monoisotopic (exact) mass is 577 g/mol. The van der Waals surface area contributed by atoms with E-state index in [9.17, 15) is 23.1 Å². The fraction of sp³-hybridized carbons (Fsp3) is 0.517. The van der Waals surface area contributed by atoms with E-state index in [1.807, 2.05) is 30.3 Å². The number of carboxylic acids is 1. The normalized spacial score (nSPS) is 27.1.